The van der Waals surface area contributed by atoms with Crippen LogP contribution in [0.5, 0.6) is 0 Å². The van der Waals surface area contributed by atoms with Gasteiger partial charge in [0.05, 0.1) is 6.04 Å². The number of rotatable bonds is 3. The van der Waals surface area contributed by atoms with E-state index >= 15 is 0 Å². The molecule has 2 heterocycles. The number of alkyl halides is 2. The molecular weight excluding hydrogens is 236 g/mol. The monoisotopic (exact) mass is 255 g/mol. The van der Waals surface area contributed by atoms with Gasteiger partial charge < -0.3 is 0 Å². The first kappa shape index (κ1) is 13.3. The lowest BCUT2D eigenvalue weighted by molar-refractivity contribution is -0.0389. The topological polar surface area (TPSA) is 29.0 Å². The number of aromatic nitrogens is 2. The van der Waals surface area contributed by atoms with Crippen LogP contribution in [0, 0.1) is 0 Å². The predicted molar refractivity (Wildman–Crippen MR) is 65.6 cm³/mol. The summed E-state index contributed by atoms with van der Waals surface area (Å²) in [5, 5.41) is 0. The van der Waals surface area contributed by atoms with Gasteiger partial charge in [-0.25, -0.2) is 18.7 Å². The van der Waals surface area contributed by atoms with E-state index in [4.69, 9.17) is 0 Å². The first-order chi connectivity index (χ1) is 8.38. The fraction of sp³-hybridized carbons (Fsp3) is 0.692. The number of hydrogen-bond donors (Lipinski definition) is 0. The third-order valence-corrected chi connectivity index (χ3v) is 3.23. The fourth-order valence-electron chi connectivity index (χ4n) is 2.00. The van der Waals surface area contributed by atoms with Crippen molar-refractivity contribution in [2.45, 2.75) is 51.6 Å². The van der Waals surface area contributed by atoms with Crippen molar-refractivity contribution in [3.05, 3.63) is 23.8 Å². The smallest absolute Gasteiger partial charge is 0.253 e. The Bertz CT molecular complexity index is 398. The molecule has 0 aromatic carbocycles. The molecule has 1 aliphatic heterocycles. The van der Waals surface area contributed by atoms with Crippen molar-refractivity contribution in [2.75, 3.05) is 6.54 Å². The van der Waals surface area contributed by atoms with E-state index in [2.05, 4.69) is 9.97 Å². The van der Waals surface area contributed by atoms with Gasteiger partial charge in [-0.05, 0) is 6.42 Å². The van der Waals surface area contributed by atoms with Gasteiger partial charge in [-0.1, -0.05) is 20.8 Å². The quantitative estimate of drug-likeness (QED) is 0.831. The molecule has 3 nitrogen and oxygen atoms in total. The van der Waals surface area contributed by atoms with Crippen LogP contribution >= 0.6 is 0 Å². The molecular formula is C13H19F2N3. The SMILES string of the molecule is CC(C)(C)c1ncc(CN2CC[C@H]2C(F)F)cn1. The molecule has 1 aromatic heterocycles. The molecule has 0 N–H and O–H groups in total. The zero-order valence-corrected chi connectivity index (χ0v) is 11.0. The van der Waals surface area contributed by atoms with E-state index in [-0.39, 0.29) is 5.41 Å². The van der Waals surface area contributed by atoms with Gasteiger partial charge in [0.25, 0.3) is 6.43 Å². The van der Waals surface area contributed by atoms with E-state index < -0.39 is 12.5 Å². The Kier molecular flexibility index (Phi) is 3.61. The standard InChI is InChI=1S/C13H19F2N3/c1-13(2,3)12-16-6-9(7-17-12)8-18-5-4-10(18)11(14)15/h6-7,10-11H,4-5,8H2,1-3H3/t10-/m0/s1. The largest absolute Gasteiger partial charge is 0.290 e. The normalized spacial score (nSPS) is 21.1. The molecule has 1 aromatic rings. The first-order valence-electron chi connectivity index (χ1n) is 6.21. The first-order valence-corrected chi connectivity index (χ1v) is 6.21. The van der Waals surface area contributed by atoms with Gasteiger partial charge in [0.15, 0.2) is 0 Å². The van der Waals surface area contributed by atoms with Crippen LogP contribution < -0.4 is 0 Å². The van der Waals surface area contributed by atoms with Gasteiger partial charge in [-0.2, -0.15) is 0 Å². The number of likely N-dealkylation sites (tertiary alicyclic amines) is 1. The van der Waals surface area contributed by atoms with Gasteiger partial charge in [-0.3, -0.25) is 4.90 Å². The molecule has 1 aliphatic rings. The summed E-state index contributed by atoms with van der Waals surface area (Å²) in [6.07, 6.45) is 1.81. The Hall–Kier alpha value is -1.10. The van der Waals surface area contributed by atoms with Crippen molar-refractivity contribution in [1.82, 2.24) is 14.9 Å². The molecule has 2 rings (SSSR count). The lowest BCUT2D eigenvalue weighted by Crippen LogP contribution is -2.51. The molecule has 0 aliphatic carbocycles. The van der Waals surface area contributed by atoms with Crippen molar-refractivity contribution in [3.8, 4) is 0 Å². The van der Waals surface area contributed by atoms with Gasteiger partial charge in [-0.15, -0.1) is 0 Å². The minimum Gasteiger partial charge on any atom is -0.290 e. The Morgan fingerprint density at radius 2 is 1.94 bits per heavy atom. The highest BCUT2D eigenvalue weighted by Crippen LogP contribution is 2.25. The average Bonchev–Trinajstić information content (AvgIpc) is 2.23. The van der Waals surface area contributed by atoms with Crippen LogP contribution in [-0.2, 0) is 12.0 Å². The van der Waals surface area contributed by atoms with Crippen LogP contribution in [0.3, 0.4) is 0 Å². The molecule has 1 saturated heterocycles. The fourth-order valence-corrected chi connectivity index (χ4v) is 2.00. The minimum atomic E-state index is -2.26. The maximum atomic E-state index is 12.6. The van der Waals surface area contributed by atoms with Crippen molar-refractivity contribution in [1.29, 1.82) is 0 Å². The van der Waals surface area contributed by atoms with E-state index in [0.29, 0.717) is 13.0 Å². The molecule has 1 fully saturated rings. The van der Waals surface area contributed by atoms with Crippen molar-refractivity contribution in [2.24, 2.45) is 0 Å². The highest BCUT2D eigenvalue weighted by atomic mass is 19.3. The number of hydrogen-bond acceptors (Lipinski definition) is 3. The molecule has 100 valence electrons. The maximum Gasteiger partial charge on any atom is 0.253 e. The summed E-state index contributed by atoms with van der Waals surface area (Å²) < 4.78 is 25.2. The third kappa shape index (κ3) is 2.83. The summed E-state index contributed by atoms with van der Waals surface area (Å²) in [6, 6.07) is -0.590. The Balaban J connectivity index is 1.99. The third-order valence-electron chi connectivity index (χ3n) is 3.23. The molecule has 0 saturated carbocycles. The van der Waals surface area contributed by atoms with Crippen LogP contribution in [0.15, 0.2) is 12.4 Å². The summed E-state index contributed by atoms with van der Waals surface area (Å²) in [4.78, 5) is 10.4. The summed E-state index contributed by atoms with van der Waals surface area (Å²) in [5.41, 5.74) is 0.814. The second-order valence-electron chi connectivity index (χ2n) is 5.83. The zero-order chi connectivity index (χ0) is 13.3. The maximum absolute atomic E-state index is 12.6. The number of nitrogens with zero attached hydrogens (tertiary/aromatic N) is 3. The molecule has 0 amide bonds. The van der Waals surface area contributed by atoms with Crippen LogP contribution in [0.4, 0.5) is 8.78 Å². The van der Waals surface area contributed by atoms with Gasteiger partial charge in [0.1, 0.15) is 5.82 Å². The van der Waals surface area contributed by atoms with Gasteiger partial charge >= 0.3 is 0 Å². The van der Waals surface area contributed by atoms with Crippen molar-refractivity contribution in [3.63, 3.8) is 0 Å². The highest BCUT2D eigenvalue weighted by molar-refractivity contribution is 5.10. The Morgan fingerprint density at radius 3 is 2.33 bits per heavy atom. The molecule has 0 unspecified atom stereocenters. The highest BCUT2D eigenvalue weighted by Gasteiger charge is 2.35. The molecule has 0 spiro atoms. The lowest BCUT2D eigenvalue weighted by atomic mass is 9.95. The number of halogens is 2. The molecule has 18 heavy (non-hydrogen) atoms. The summed E-state index contributed by atoms with van der Waals surface area (Å²) >= 11 is 0. The van der Waals surface area contributed by atoms with E-state index in [0.717, 1.165) is 17.9 Å². The van der Waals surface area contributed by atoms with Crippen LogP contribution in [-0.4, -0.2) is 33.9 Å². The van der Waals surface area contributed by atoms with Gasteiger partial charge in [0, 0.05) is 36.5 Å². The van der Waals surface area contributed by atoms with Gasteiger partial charge in [0.2, 0.25) is 0 Å². The van der Waals surface area contributed by atoms with E-state index in [1.54, 1.807) is 17.3 Å². The Morgan fingerprint density at radius 1 is 1.33 bits per heavy atom. The second-order valence-corrected chi connectivity index (χ2v) is 5.83. The summed E-state index contributed by atoms with van der Waals surface area (Å²) in [7, 11) is 0. The molecule has 5 heteroatoms. The van der Waals surface area contributed by atoms with E-state index in [9.17, 15) is 8.78 Å². The van der Waals surface area contributed by atoms with Crippen molar-refractivity contribution < 1.29 is 8.78 Å². The second kappa shape index (κ2) is 4.88. The van der Waals surface area contributed by atoms with E-state index in [1.807, 2.05) is 20.8 Å². The summed E-state index contributed by atoms with van der Waals surface area (Å²) in [6.45, 7) is 7.38. The van der Waals surface area contributed by atoms with Crippen LogP contribution in [0.2, 0.25) is 0 Å². The molecule has 0 radical (unpaired) electrons. The van der Waals surface area contributed by atoms with Crippen LogP contribution in [0.1, 0.15) is 38.6 Å². The Labute approximate surface area is 106 Å². The molecule has 1 atom stereocenters. The summed E-state index contributed by atoms with van der Waals surface area (Å²) in [5.74, 6) is 0.778. The van der Waals surface area contributed by atoms with Crippen molar-refractivity contribution >= 4 is 0 Å². The van der Waals surface area contributed by atoms with E-state index in [1.165, 1.54) is 0 Å². The molecule has 0 bridgehead atoms. The van der Waals surface area contributed by atoms with Crippen LogP contribution in [0.25, 0.3) is 0 Å². The average molecular weight is 255 g/mol. The minimum absolute atomic E-state index is 0.0825. The predicted octanol–water partition coefficient (Wildman–Crippen LogP) is 2.61. The zero-order valence-electron chi connectivity index (χ0n) is 11.0. The lowest BCUT2D eigenvalue weighted by Gasteiger charge is -2.40.